The summed E-state index contributed by atoms with van der Waals surface area (Å²) < 4.78 is 32.3. The number of benzene rings is 1. The minimum atomic E-state index is -3.46. The summed E-state index contributed by atoms with van der Waals surface area (Å²) in [7, 11) is -3.46. The first kappa shape index (κ1) is 19.1. The number of rotatable bonds is 4. The first-order valence-electron chi connectivity index (χ1n) is 9.68. The molecule has 4 rings (SSSR count). The second kappa shape index (κ2) is 7.63. The summed E-state index contributed by atoms with van der Waals surface area (Å²) in [5.41, 5.74) is 0.583. The summed E-state index contributed by atoms with van der Waals surface area (Å²) >= 11 is 0. The molecule has 2 fully saturated rings. The molecular formula is C19H24N4O4S. The summed E-state index contributed by atoms with van der Waals surface area (Å²) in [6.45, 7) is 4.70. The normalized spacial score (nSPS) is 19.2. The monoisotopic (exact) mass is 404 g/mol. The zero-order chi connectivity index (χ0) is 19.7. The Morgan fingerprint density at radius 1 is 1.04 bits per heavy atom. The standard InChI is InChI=1S/C19H24N4O4S/c1-14-8-12-22(13-9-14)19(24)18-21-20-17(27-18)15-4-6-16(7-5-15)28(25,26)23-10-2-3-11-23/h4-7,14H,2-3,8-13H2,1H3. The van der Waals surface area contributed by atoms with Crippen molar-refractivity contribution >= 4 is 15.9 Å². The Morgan fingerprint density at radius 2 is 1.68 bits per heavy atom. The van der Waals surface area contributed by atoms with Crippen molar-refractivity contribution in [3.63, 3.8) is 0 Å². The molecule has 8 nitrogen and oxygen atoms in total. The van der Waals surface area contributed by atoms with Gasteiger partial charge in [0.25, 0.3) is 0 Å². The molecule has 0 unspecified atom stereocenters. The maximum absolute atomic E-state index is 12.6. The van der Waals surface area contributed by atoms with Crippen molar-refractivity contribution in [2.45, 2.75) is 37.5 Å². The first-order valence-corrected chi connectivity index (χ1v) is 11.1. The molecule has 9 heteroatoms. The van der Waals surface area contributed by atoms with Gasteiger partial charge >= 0.3 is 11.8 Å². The number of carbonyl (C=O) groups is 1. The van der Waals surface area contributed by atoms with Crippen LogP contribution in [0.15, 0.2) is 33.6 Å². The lowest BCUT2D eigenvalue weighted by atomic mass is 9.99. The van der Waals surface area contributed by atoms with Gasteiger partial charge in [0.05, 0.1) is 4.90 Å². The maximum Gasteiger partial charge on any atom is 0.311 e. The number of hydrogen-bond donors (Lipinski definition) is 0. The molecule has 28 heavy (non-hydrogen) atoms. The predicted octanol–water partition coefficient (Wildman–Crippen LogP) is 2.39. The van der Waals surface area contributed by atoms with E-state index < -0.39 is 10.0 Å². The van der Waals surface area contributed by atoms with Crippen LogP contribution in [-0.4, -0.2) is 59.9 Å². The van der Waals surface area contributed by atoms with E-state index in [-0.39, 0.29) is 22.6 Å². The van der Waals surface area contributed by atoms with Crippen LogP contribution in [-0.2, 0) is 10.0 Å². The van der Waals surface area contributed by atoms with Crippen molar-refractivity contribution in [3.8, 4) is 11.5 Å². The van der Waals surface area contributed by atoms with E-state index in [4.69, 9.17) is 4.42 Å². The fourth-order valence-electron chi connectivity index (χ4n) is 3.62. The topological polar surface area (TPSA) is 96.6 Å². The lowest BCUT2D eigenvalue weighted by Gasteiger charge is -2.29. The van der Waals surface area contributed by atoms with Crippen LogP contribution < -0.4 is 0 Å². The van der Waals surface area contributed by atoms with Gasteiger partial charge in [0, 0.05) is 31.7 Å². The number of hydrogen-bond acceptors (Lipinski definition) is 6. The Balaban J connectivity index is 1.49. The maximum atomic E-state index is 12.6. The molecule has 0 spiro atoms. The molecule has 2 saturated heterocycles. The number of piperidine rings is 1. The third-order valence-electron chi connectivity index (χ3n) is 5.48. The molecule has 0 bridgehead atoms. The van der Waals surface area contributed by atoms with Crippen molar-refractivity contribution in [3.05, 3.63) is 30.2 Å². The van der Waals surface area contributed by atoms with Crippen LogP contribution >= 0.6 is 0 Å². The van der Waals surface area contributed by atoms with E-state index in [9.17, 15) is 13.2 Å². The molecule has 0 saturated carbocycles. The van der Waals surface area contributed by atoms with Gasteiger partial charge in [-0.2, -0.15) is 4.31 Å². The third kappa shape index (κ3) is 3.68. The van der Waals surface area contributed by atoms with E-state index >= 15 is 0 Å². The molecule has 1 aromatic carbocycles. The lowest BCUT2D eigenvalue weighted by Crippen LogP contribution is -2.38. The Hall–Kier alpha value is -2.26. The third-order valence-corrected chi connectivity index (χ3v) is 7.40. The summed E-state index contributed by atoms with van der Waals surface area (Å²) in [5.74, 6) is 0.550. The van der Waals surface area contributed by atoms with Gasteiger partial charge in [0.15, 0.2) is 0 Å². The number of nitrogens with zero attached hydrogens (tertiary/aromatic N) is 4. The number of carbonyl (C=O) groups excluding carboxylic acids is 1. The van der Waals surface area contributed by atoms with Gasteiger partial charge in [0.1, 0.15) is 0 Å². The summed E-state index contributed by atoms with van der Waals surface area (Å²) in [6, 6.07) is 6.35. The van der Waals surface area contributed by atoms with Crippen molar-refractivity contribution in [1.82, 2.24) is 19.4 Å². The van der Waals surface area contributed by atoms with Crippen molar-refractivity contribution in [2.75, 3.05) is 26.2 Å². The molecule has 0 atom stereocenters. The molecule has 1 aromatic heterocycles. The summed E-state index contributed by atoms with van der Waals surface area (Å²) in [4.78, 5) is 14.5. The van der Waals surface area contributed by atoms with Gasteiger partial charge in [-0.05, 0) is 55.9 Å². The molecule has 0 N–H and O–H groups in total. The van der Waals surface area contributed by atoms with Crippen LogP contribution in [0.3, 0.4) is 0 Å². The molecule has 1 amide bonds. The average Bonchev–Trinajstić information content (AvgIpc) is 3.41. The quantitative estimate of drug-likeness (QED) is 0.776. The minimum absolute atomic E-state index is 0.0293. The van der Waals surface area contributed by atoms with E-state index in [0.717, 1.165) is 25.7 Å². The fourth-order valence-corrected chi connectivity index (χ4v) is 5.14. The zero-order valence-corrected chi connectivity index (χ0v) is 16.7. The Kier molecular flexibility index (Phi) is 5.20. The van der Waals surface area contributed by atoms with E-state index in [1.54, 1.807) is 29.2 Å². The molecule has 150 valence electrons. The highest BCUT2D eigenvalue weighted by Gasteiger charge is 2.28. The van der Waals surface area contributed by atoms with Crippen LogP contribution in [0.5, 0.6) is 0 Å². The molecule has 3 heterocycles. The second-order valence-corrected chi connectivity index (χ2v) is 9.46. The van der Waals surface area contributed by atoms with Gasteiger partial charge in [0.2, 0.25) is 15.9 Å². The average molecular weight is 404 g/mol. The second-order valence-electron chi connectivity index (χ2n) is 7.52. The van der Waals surface area contributed by atoms with Crippen molar-refractivity contribution in [2.24, 2.45) is 5.92 Å². The molecule has 2 aliphatic heterocycles. The molecule has 2 aliphatic rings. The largest absolute Gasteiger partial charge is 0.412 e. The summed E-state index contributed by atoms with van der Waals surface area (Å²) in [6.07, 6.45) is 3.73. The van der Waals surface area contributed by atoms with Crippen molar-refractivity contribution in [1.29, 1.82) is 0 Å². The lowest BCUT2D eigenvalue weighted by molar-refractivity contribution is 0.0657. The predicted molar refractivity (Wildman–Crippen MR) is 102 cm³/mol. The number of aromatic nitrogens is 2. The Bertz CT molecular complexity index is 941. The Morgan fingerprint density at radius 3 is 2.32 bits per heavy atom. The van der Waals surface area contributed by atoms with E-state index in [0.29, 0.717) is 37.7 Å². The van der Waals surface area contributed by atoms with E-state index in [1.807, 2.05) is 0 Å². The van der Waals surface area contributed by atoms with Gasteiger partial charge in [-0.1, -0.05) is 6.92 Å². The fraction of sp³-hybridized carbons (Fsp3) is 0.526. The molecule has 0 aliphatic carbocycles. The van der Waals surface area contributed by atoms with Crippen molar-refractivity contribution < 1.29 is 17.6 Å². The smallest absolute Gasteiger partial charge is 0.311 e. The zero-order valence-electron chi connectivity index (χ0n) is 15.9. The Labute approximate surface area is 164 Å². The van der Waals surface area contributed by atoms with Crippen LogP contribution in [0.25, 0.3) is 11.5 Å². The first-order chi connectivity index (χ1) is 13.4. The summed E-state index contributed by atoms with van der Waals surface area (Å²) in [5, 5.41) is 7.85. The highest BCUT2D eigenvalue weighted by Crippen LogP contribution is 2.25. The van der Waals surface area contributed by atoms with Crippen LogP contribution in [0.2, 0.25) is 0 Å². The van der Waals surface area contributed by atoms with Gasteiger partial charge < -0.3 is 9.32 Å². The number of sulfonamides is 1. The number of amides is 1. The highest BCUT2D eigenvalue weighted by molar-refractivity contribution is 7.89. The van der Waals surface area contributed by atoms with Gasteiger partial charge in [-0.3, -0.25) is 4.79 Å². The van der Waals surface area contributed by atoms with E-state index in [2.05, 4.69) is 17.1 Å². The minimum Gasteiger partial charge on any atom is -0.412 e. The van der Waals surface area contributed by atoms with Crippen LogP contribution in [0.4, 0.5) is 0 Å². The molecule has 0 radical (unpaired) electrons. The molecule has 2 aromatic rings. The van der Waals surface area contributed by atoms with E-state index in [1.165, 1.54) is 4.31 Å². The van der Waals surface area contributed by atoms with Crippen LogP contribution in [0.1, 0.15) is 43.3 Å². The van der Waals surface area contributed by atoms with Gasteiger partial charge in [-0.15, -0.1) is 10.2 Å². The van der Waals surface area contributed by atoms with Gasteiger partial charge in [-0.25, -0.2) is 8.42 Å². The van der Waals surface area contributed by atoms with Crippen LogP contribution in [0, 0.1) is 5.92 Å². The molecular weight excluding hydrogens is 380 g/mol. The number of likely N-dealkylation sites (tertiary alicyclic amines) is 1. The highest BCUT2D eigenvalue weighted by atomic mass is 32.2. The SMILES string of the molecule is CC1CCN(C(=O)c2nnc(-c3ccc(S(=O)(=O)N4CCCC4)cc3)o2)CC1.